The summed E-state index contributed by atoms with van der Waals surface area (Å²) in [6.07, 6.45) is 3.59. The standard InChI is InChI=1S/C21H24ClN7O/c1-13(2)28-12-24-17-18(25-20(22)26-19(17)28)23-11-14-7-5-6-8-15(14)29-10-9-16(27-29)21(3,4)30/h5-10,12-13,30H,11H2,1-4H3,(H,23,25,26). The van der Waals surface area contributed by atoms with Crippen LogP contribution in [0.1, 0.15) is 45.0 Å². The summed E-state index contributed by atoms with van der Waals surface area (Å²) < 4.78 is 3.73. The summed E-state index contributed by atoms with van der Waals surface area (Å²) in [5, 5.41) is 18.3. The first-order chi connectivity index (χ1) is 14.2. The van der Waals surface area contributed by atoms with Gasteiger partial charge in [-0.15, -0.1) is 0 Å². The minimum absolute atomic E-state index is 0.169. The molecule has 0 bridgehead atoms. The number of aromatic nitrogens is 6. The first kappa shape index (κ1) is 20.3. The highest BCUT2D eigenvalue weighted by Crippen LogP contribution is 2.25. The van der Waals surface area contributed by atoms with Gasteiger partial charge in [0.05, 0.1) is 17.7 Å². The Balaban J connectivity index is 1.65. The molecule has 0 amide bonds. The molecule has 0 aliphatic rings. The third-order valence-electron chi connectivity index (χ3n) is 4.85. The third-order valence-corrected chi connectivity index (χ3v) is 5.02. The van der Waals surface area contributed by atoms with E-state index in [0.29, 0.717) is 29.2 Å². The van der Waals surface area contributed by atoms with E-state index in [1.54, 1.807) is 24.9 Å². The summed E-state index contributed by atoms with van der Waals surface area (Å²) in [7, 11) is 0. The molecule has 0 unspecified atom stereocenters. The second-order valence-electron chi connectivity index (χ2n) is 7.95. The van der Waals surface area contributed by atoms with Gasteiger partial charge in [-0.1, -0.05) is 18.2 Å². The van der Waals surface area contributed by atoms with Gasteiger partial charge in [0.2, 0.25) is 5.28 Å². The van der Waals surface area contributed by atoms with Crippen molar-refractivity contribution in [2.24, 2.45) is 0 Å². The number of imidazole rings is 1. The van der Waals surface area contributed by atoms with Crippen LogP contribution in [0.25, 0.3) is 16.9 Å². The number of benzene rings is 1. The highest BCUT2D eigenvalue weighted by molar-refractivity contribution is 6.28. The normalized spacial score (nSPS) is 12.1. The Morgan fingerprint density at radius 2 is 1.93 bits per heavy atom. The van der Waals surface area contributed by atoms with Crippen molar-refractivity contribution in [3.63, 3.8) is 0 Å². The molecule has 8 nitrogen and oxygen atoms in total. The Morgan fingerprint density at radius 1 is 1.17 bits per heavy atom. The van der Waals surface area contributed by atoms with E-state index in [9.17, 15) is 5.11 Å². The Labute approximate surface area is 179 Å². The number of fused-ring (bicyclic) bond motifs is 1. The molecule has 1 aromatic carbocycles. The minimum Gasteiger partial charge on any atom is -0.384 e. The number of anilines is 1. The van der Waals surface area contributed by atoms with E-state index >= 15 is 0 Å². The summed E-state index contributed by atoms with van der Waals surface area (Å²) in [6, 6.07) is 9.94. The molecular formula is C21H24ClN7O. The van der Waals surface area contributed by atoms with Crippen LogP contribution >= 0.6 is 11.6 Å². The molecule has 3 heterocycles. The Kier molecular flexibility index (Phi) is 5.21. The van der Waals surface area contributed by atoms with Gasteiger partial charge in [-0.05, 0) is 57.0 Å². The van der Waals surface area contributed by atoms with Crippen LogP contribution in [0.4, 0.5) is 5.82 Å². The molecule has 30 heavy (non-hydrogen) atoms. The molecule has 0 spiro atoms. The van der Waals surface area contributed by atoms with Gasteiger partial charge in [0.1, 0.15) is 5.60 Å². The maximum absolute atomic E-state index is 10.2. The number of aliphatic hydroxyl groups is 1. The second kappa shape index (κ2) is 7.70. The fraction of sp³-hybridized carbons (Fsp3) is 0.333. The zero-order chi connectivity index (χ0) is 21.5. The highest BCUT2D eigenvalue weighted by Gasteiger charge is 2.20. The van der Waals surface area contributed by atoms with Crippen LogP contribution in [0.5, 0.6) is 0 Å². The fourth-order valence-electron chi connectivity index (χ4n) is 3.24. The van der Waals surface area contributed by atoms with Crippen molar-refractivity contribution in [1.29, 1.82) is 0 Å². The third kappa shape index (κ3) is 3.88. The van der Waals surface area contributed by atoms with Crippen LogP contribution in [-0.4, -0.2) is 34.4 Å². The second-order valence-corrected chi connectivity index (χ2v) is 8.28. The quantitative estimate of drug-likeness (QED) is 0.452. The number of hydrogen-bond acceptors (Lipinski definition) is 6. The molecule has 2 N–H and O–H groups in total. The number of para-hydroxylation sites is 1. The summed E-state index contributed by atoms with van der Waals surface area (Å²) in [6.45, 7) is 8.05. The molecule has 0 aliphatic heterocycles. The van der Waals surface area contributed by atoms with Crippen molar-refractivity contribution in [2.75, 3.05) is 5.32 Å². The molecule has 0 radical (unpaired) electrons. The van der Waals surface area contributed by atoms with Crippen molar-refractivity contribution in [3.8, 4) is 5.69 Å². The van der Waals surface area contributed by atoms with Gasteiger partial charge in [-0.3, -0.25) is 0 Å². The molecule has 0 aliphatic carbocycles. The molecule has 4 rings (SSSR count). The van der Waals surface area contributed by atoms with Gasteiger partial charge < -0.3 is 15.0 Å². The maximum Gasteiger partial charge on any atom is 0.226 e. The molecule has 4 aromatic rings. The first-order valence-electron chi connectivity index (χ1n) is 9.75. The van der Waals surface area contributed by atoms with Gasteiger partial charge in [0.25, 0.3) is 0 Å². The van der Waals surface area contributed by atoms with Crippen molar-refractivity contribution in [1.82, 2.24) is 29.3 Å². The fourth-order valence-corrected chi connectivity index (χ4v) is 3.40. The van der Waals surface area contributed by atoms with Crippen LogP contribution in [0.3, 0.4) is 0 Å². The number of halogens is 1. The van der Waals surface area contributed by atoms with Crippen LogP contribution in [-0.2, 0) is 12.1 Å². The average Bonchev–Trinajstić information content (AvgIpc) is 3.33. The predicted molar refractivity (Wildman–Crippen MR) is 117 cm³/mol. The van der Waals surface area contributed by atoms with Crippen LogP contribution in [0.2, 0.25) is 5.28 Å². The minimum atomic E-state index is -1.00. The van der Waals surface area contributed by atoms with Gasteiger partial charge >= 0.3 is 0 Å². The molecule has 0 saturated carbocycles. The van der Waals surface area contributed by atoms with Crippen LogP contribution < -0.4 is 5.32 Å². The Bertz CT molecular complexity index is 1190. The van der Waals surface area contributed by atoms with Gasteiger partial charge in [0, 0.05) is 18.8 Å². The lowest BCUT2D eigenvalue weighted by Crippen LogP contribution is -2.17. The summed E-state index contributed by atoms with van der Waals surface area (Å²) >= 11 is 6.17. The zero-order valence-corrected chi connectivity index (χ0v) is 18.1. The van der Waals surface area contributed by atoms with E-state index in [2.05, 4.69) is 39.2 Å². The molecule has 3 aromatic heterocycles. The van der Waals surface area contributed by atoms with E-state index in [-0.39, 0.29) is 11.3 Å². The predicted octanol–water partition coefficient (Wildman–Crippen LogP) is 4.09. The average molecular weight is 426 g/mol. The van der Waals surface area contributed by atoms with E-state index in [4.69, 9.17) is 11.6 Å². The van der Waals surface area contributed by atoms with E-state index in [0.717, 1.165) is 11.3 Å². The molecule has 0 atom stereocenters. The largest absolute Gasteiger partial charge is 0.384 e. The molecular weight excluding hydrogens is 402 g/mol. The Morgan fingerprint density at radius 3 is 2.63 bits per heavy atom. The lowest BCUT2D eigenvalue weighted by Gasteiger charge is -2.14. The molecule has 9 heteroatoms. The van der Waals surface area contributed by atoms with Crippen molar-refractivity contribution in [3.05, 3.63) is 59.4 Å². The summed E-state index contributed by atoms with van der Waals surface area (Å²) in [5.41, 5.74) is 2.89. The summed E-state index contributed by atoms with van der Waals surface area (Å²) in [5.74, 6) is 0.580. The lowest BCUT2D eigenvalue weighted by molar-refractivity contribution is 0.0734. The van der Waals surface area contributed by atoms with Gasteiger partial charge in [0.15, 0.2) is 17.0 Å². The Hall–Kier alpha value is -2.97. The molecule has 156 valence electrons. The lowest BCUT2D eigenvalue weighted by atomic mass is 10.1. The monoisotopic (exact) mass is 425 g/mol. The molecule has 0 fully saturated rings. The highest BCUT2D eigenvalue weighted by atomic mass is 35.5. The molecule has 0 saturated heterocycles. The van der Waals surface area contributed by atoms with Gasteiger partial charge in [-0.2, -0.15) is 15.1 Å². The number of hydrogen-bond donors (Lipinski definition) is 2. The van der Waals surface area contributed by atoms with Crippen LogP contribution in [0, 0.1) is 0 Å². The number of rotatable bonds is 6. The SMILES string of the molecule is CC(C)n1cnc2c(NCc3ccccc3-n3ccc(C(C)(C)O)n3)nc(Cl)nc21. The topological polar surface area (TPSA) is 93.7 Å². The summed E-state index contributed by atoms with van der Waals surface area (Å²) in [4.78, 5) is 13.2. The van der Waals surface area contributed by atoms with E-state index in [1.807, 2.05) is 41.1 Å². The van der Waals surface area contributed by atoms with Crippen molar-refractivity contribution >= 4 is 28.6 Å². The number of nitrogens with zero attached hydrogens (tertiary/aromatic N) is 6. The van der Waals surface area contributed by atoms with E-state index < -0.39 is 5.60 Å². The van der Waals surface area contributed by atoms with Crippen molar-refractivity contribution < 1.29 is 5.11 Å². The van der Waals surface area contributed by atoms with E-state index in [1.165, 1.54) is 0 Å². The zero-order valence-electron chi connectivity index (χ0n) is 17.3. The first-order valence-corrected chi connectivity index (χ1v) is 10.1. The van der Waals surface area contributed by atoms with Crippen molar-refractivity contribution in [2.45, 2.75) is 45.9 Å². The van der Waals surface area contributed by atoms with Crippen LogP contribution in [0.15, 0.2) is 42.9 Å². The smallest absolute Gasteiger partial charge is 0.226 e. The number of nitrogens with one attached hydrogen (secondary N) is 1. The maximum atomic E-state index is 10.2. The van der Waals surface area contributed by atoms with Gasteiger partial charge in [-0.25, -0.2) is 9.67 Å².